The van der Waals surface area contributed by atoms with Crippen molar-refractivity contribution in [3.8, 4) is 11.5 Å². The molecule has 0 aromatic heterocycles. The molecule has 0 amide bonds. The van der Waals surface area contributed by atoms with Crippen molar-refractivity contribution in [1.29, 1.82) is 0 Å². The predicted octanol–water partition coefficient (Wildman–Crippen LogP) is 4.86. The lowest BCUT2D eigenvalue weighted by Gasteiger charge is -2.38. The Labute approximate surface area is 205 Å². The average Bonchev–Trinajstić information content (AvgIpc) is 3.02. The van der Waals surface area contributed by atoms with Gasteiger partial charge in [-0.3, -0.25) is 4.99 Å². The fourth-order valence-electron chi connectivity index (χ4n) is 3.96. The molecule has 31 heavy (non-hydrogen) atoms. The minimum Gasteiger partial charge on any atom is -0.490 e. The molecule has 1 saturated heterocycles. The van der Waals surface area contributed by atoms with E-state index in [1.807, 2.05) is 30.3 Å². The van der Waals surface area contributed by atoms with Gasteiger partial charge in [-0.15, -0.1) is 24.0 Å². The van der Waals surface area contributed by atoms with E-state index in [1.165, 1.54) is 5.56 Å². The van der Waals surface area contributed by atoms with Gasteiger partial charge in [0.1, 0.15) is 0 Å². The number of fused-ring (bicyclic) bond motifs is 1. The van der Waals surface area contributed by atoms with Crippen molar-refractivity contribution in [2.24, 2.45) is 4.99 Å². The highest BCUT2D eigenvalue weighted by atomic mass is 127. The highest BCUT2D eigenvalue weighted by molar-refractivity contribution is 14.0. The Bertz CT molecular complexity index is 903. The van der Waals surface area contributed by atoms with E-state index in [1.54, 1.807) is 7.05 Å². The van der Waals surface area contributed by atoms with E-state index >= 15 is 0 Å². The average molecular weight is 558 g/mol. The number of hydrogen-bond donors (Lipinski definition) is 2. The maximum atomic E-state index is 6.28. The molecule has 4 rings (SSSR count). The van der Waals surface area contributed by atoms with Crippen LogP contribution in [0.2, 0.25) is 5.02 Å². The number of nitrogens with zero attached hydrogens (tertiary/aromatic N) is 1. The van der Waals surface area contributed by atoms with Crippen molar-refractivity contribution in [3.05, 3.63) is 53.1 Å². The van der Waals surface area contributed by atoms with Crippen molar-refractivity contribution in [2.45, 2.75) is 24.7 Å². The van der Waals surface area contributed by atoms with Crippen LogP contribution in [0.15, 0.2) is 47.5 Å². The first-order chi connectivity index (χ1) is 14.7. The maximum absolute atomic E-state index is 6.28. The van der Waals surface area contributed by atoms with E-state index in [2.05, 4.69) is 27.8 Å². The maximum Gasteiger partial charge on any atom is 0.195 e. The largest absolute Gasteiger partial charge is 0.490 e. The van der Waals surface area contributed by atoms with Crippen molar-refractivity contribution in [3.63, 3.8) is 0 Å². The lowest BCUT2D eigenvalue weighted by atomic mass is 9.74. The number of anilines is 1. The summed E-state index contributed by atoms with van der Waals surface area (Å²) in [4.78, 5) is 4.41. The second kappa shape index (κ2) is 11.2. The molecule has 6 nitrogen and oxygen atoms in total. The molecule has 168 valence electrons. The van der Waals surface area contributed by atoms with Crippen molar-refractivity contribution >= 4 is 47.2 Å². The normalized spacial score (nSPS) is 17.8. The van der Waals surface area contributed by atoms with E-state index < -0.39 is 0 Å². The van der Waals surface area contributed by atoms with E-state index in [-0.39, 0.29) is 29.4 Å². The molecular formula is C23H29ClIN3O3. The number of rotatable bonds is 4. The van der Waals surface area contributed by atoms with Gasteiger partial charge in [0.15, 0.2) is 17.5 Å². The van der Waals surface area contributed by atoms with Crippen molar-refractivity contribution < 1.29 is 14.2 Å². The molecule has 0 spiro atoms. The molecule has 2 aromatic rings. The summed E-state index contributed by atoms with van der Waals surface area (Å²) in [6, 6.07) is 14.0. The summed E-state index contributed by atoms with van der Waals surface area (Å²) in [5.41, 5.74) is 2.08. The zero-order valence-electron chi connectivity index (χ0n) is 17.7. The number of benzene rings is 2. The lowest BCUT2D eigenvalue weighted by molar-refractivity contribution is 0.0514. The second-order valence-corrected chi connectivity index (χ2v) is 8.10. The third kappa shape index (κ3) is 5.96. The van der Waals surface area contributed by atoms with Gasteiger partial charge >= 0.3 is 0 Å². The van der Waals surface area contributed by atoms with Gasteiger partial charge in [-0.25, -0.2) is 0 Å². The Hall–Kier alpha value is -1.71. The quantitative estimate of drug-likeness (QED) is 0.320. The molecule has 0 unspecified atom stereocenters. The molecule has 2 N–H and O–H groups in total. The number of hydrogen-bond acceptors (Lipinski definition) is 4. The van der Waals surface area contributed by atoms with E-state index in [9.17, 15) is 0 Å². The Kier molecular flexibility index (Phi) is 8.68. The van der Waals surface area contributed by atoms with Crippen LogP contribution in [0.1, 0.15) is 24.8 Å². The van der Waals surface area contributed by atoms with Crippen LogP contribution in [0.25, 0.3) is 0 Å². The van der Waals surface area contributed by atoms with Crippen LogP contribution in [-0.2, 0) is 10.2 Å². The molecule has 2 aromatic carbocycles. The van der Waals surface area contributed by atoms with Gasteiger partial charge in [0, 0.05) is 55.4 Å². The molecule has 2 aliphatic rings. The first kappa shape index (κ1) is 23.9. The Morgan fingerprint density at radius 1 is 1.03 bits per heavy atom. The zero-order chi connectivity index (χ0) is 20.8. The second-order valence-electron chi connectivity index (χ2n) is 7.67. The smallest absolute Gasteiger partial charge is 0.195 e. The third-order valence-electron chi connectivity index (χ3n) is 5.71. The molecule has 0 atom stereocenters. The van der Waals surface area contributed by atoms with E-state index in [4.69, 9.17) is 25.8 Å². The van der Waals surface area contributed by atoms with E-state index in [0.29, 0.717) is 19.2 Å². The lowest BCUT2D eigenvalue weighted by Crippen LogP contribution is -2.46. The van der Waals surface area contributed by atoms with Crippen LogP contribution in [-0.4, -0.2) is 46.0 Å². The highest BCUT2D eigenvalue weighted by Crippen LogP contribution is 2.36. The monoisotopic (exact) mass is 557 g/mol. The number of ether oxygens (including phenoxy) is 3. The van der Waals surface area contributed by atoms with Gasteiger partial charge in [0.05, 0.1) is 13.2 Å². The Morgan fingerprint density at radius 3 is 2.55 bits per heavy atom. The molecule has 0 aliphatic carbocycles. The van der Waals surface area contributed by atoms with Gasteiger partial charge in [-0.05, 0) is 42.7 Å². The van der Waals surface area contributed by atoms with Gasteiger partial charge < -0.3 is 24.8 Å². The number of nitrogens with one attached hydrogen (secondary N) is 2. The van der Waals surface area contributed by atoms with Crippen molar-refractivity contribution in [2.75, 3.05) is 45.3 Å². The molecule has 0 radical (unpaired) electrons. The van der Waals surface area contributed by atoms with Crippen LogP contribution in [0, 0.1) is 0 Å². The summed E-state index contributed by atoms with van der Waals surface area (Å²) in [6.07, 6.45) is 2.75. The van der Waals surface area contributed by atoms with Gasteiger partial charge in [-0.2, -0.15) is 0 Å². The van der Waals surface area contributed by atoms with Gasteiger partial charge in [-0.1, -0.05) is 23.7 Å². The molecule has 0 saturated carbocycles. The van der Waals surface area contributed by atoms with Crippen molar-refractivity contribution in [1.82, 2.24) is 5.32 Å². The first-order valence-electron chi connectivity index (χ1n) is 10.4. The Balaban J connectivity index is 0.00000272. The third-order valence-corrected chi connectivity index (χ3v) is 5.95. The number of halogens is 2. The van der Waals surface area contributed by atoms with E-state index in [0.717, 1.165) is 61.2 Å². The summed E-state index contributed by atoms with van der Waals surface area (Å²) in [6.45, 7) is 3.55. The fourth-order valence-corrected chi connectivity index (χ4v) is 4.15. The number of guanidine groups is 1. The Morgan fingerprint density at radius 2 is 1.81 bits per heavy atom. The molecule has 2 heterocycles. The topological polar surface area (TPSA) is 64.1 Å². The summed E-state index contributed by atoms with van der Waals surface area (Å²) >= 11 is 6.28. The molecule has 1 fully saturated rings. The van der Waals surface area contributed by atoms with Gasteiger partial charge in [0.2, 0.25) is 0 Å². The zero-order valence-corrected chi connectivity index (χ0v) is 20.7. The fraction of sp³-hybridized carbons (Fsp3) is 0.435. The minimum absolute atomic E-state index is 0. The predicted molar refractivity (Wildman–Crippen MR) is 136 cm³/mol. The molecule has 0 bridgehead atoms. The first-order valence-corrected chi connectivity index (χ1v) is 10.8. The van der Waals surface area contributed by atoms with Crippen LogP contribution >= 0.6 is 35.6 Å². The summed E-state index contributed by atoms with van der Waals surface area (Å²) in [5.74, 6) is 2.24. The number of aliphatic imine (C=N–C) groups is 1. The highest BCUT2D eigenvalue weighted by Gasteiger charge is 2.34. The minimum atomic E-state index is -0.0501. The van der Waals surface area contributed by atoms with Crippen LogP contribution in [0.3, 0.4) is 0 Å². The SMILES string of the molecule is CN=C(NCC1(c2cccc(Cl)c2)CCOCC1)Nc1ccc2c(c1)OCCCO2.I. The molecule has 2 aliphatic heterocycles. The van der Waals surface area contributed by atoms with Crippen LogP contribution in [0.4, 0.5) is 5.69 Å². The van der Waals surface area contributed by atoms with Crippen LogP contribution < -0.4 is 20.1 Å². The standard InChI is InChI=1S/C23H28ClN3O3.HI/c1-25-22(27-19-6-7-20-21(15-19)30-11-3-10-29-20)26-16-23(8-12-28-13-9-23)17-4-2-5-18(24)14-17;/h2,4-7,14-15H,3,8-13,16H2,1H3,(H2,25,26,27);1H. The molecule has 8 heteroatoms. The summed E-state index contributed by atoms with van der Waals surface area (Å²) < 4.78 is 17.1. The van der Waals surface area contributed by atoms with Crippen LogP contribution in [0.5, 0.6) is 11.5 Å². The van der Waals surface area contributed by atoms with Gasteiger partial charge in [0.25, 0.3) is 0 Å². The summed E-state index contributed by atoms with van der Waals surface area (Å²) in [7, 11) is 1.77. The molecular weight excluding hydrogens is 529 g/mol. The summed E-state index contributed by atoms with van der Waals surface area (Å²) in [5, 5.41) is 7.63.